The van der Waals surface area contributed by atoms with Gasteiger partial charge in [0.1, 0.15) is 24.4 Å². The molecule has 0 amide bonds. The van der Waals surface area contributed by atoms with Gasteiger partial charge in [0.15, 0.2) is 17.9 Å². The van der Waals surface area contributed by atoms with Crippen LogP contribution < -0.4 is 4.74 Å². The summed E-state index contributed by atoms with van der Waals surface area (Å²) in [6.07, 6.45) is -3.13. The molecule has 9 heteroatoms. The van der Waals surface area contributed by atoms with Gasteiger partial charge in [-0.1, -0.05) is 115 Å². The molecule has 1 fully saturated rings. The SMILES string of the molecule is [2H]CC([2H])([2H])Oc1ccc(Cc2cc([C@]3(OC)O[C@H](C=O)[C@@H](OCc4ccccc4)[C@H](OCc4ccccc4)[C@H]3OCc3ccccc3)ccc2Cl)cc1F. The Morgan fingerprint density at radius 3 is 1.94 bits per heavy atom. The average molecular weight is 728 g/mol. The van der Waals surface area contributed by atoms with E-state index < -0.39 is 49.5 Å². The summed E-state index contributed by atoms with van der Waals surface area (Å²) in [5.41, 5.74) is 4.26. The minimum atomic E-state index is -2.35. The van der Waals surface area contributed by atoms with Gasteiger partial charge in [0.25, 0.3) is 0 Å². The molecule has 0 aliphatic carbocycles. The van der Waals surface area contributed by atoms with Crippen LogP contribution in [0.15, 0.2) is 127 Å². The molecule has 0 bridgehead atoms. The van der Waals surface area contributed by atoms with E-state index in [0.717, 1.165) is 16.7 Å². The minimum absolute atomic E-state index is 0.147. The predicted octanol–water partition coefficient (Wildman–Crippen LogP) is 8.62. The molecule has 1 heterocycles. The fourth-order valence-electron chi connectivity index (χ4n) is 6.36. The highest BCUT2D eigenvalue weighted by Crippen LogP contribution is 2.44. The molecule has 7 nitrogen and oxygen atoms in total. The third kappa shape index (κ3) is 8.78. The van der Waals surface area contributed by atoms with Crippen molar-refractivity contribution in [2.24, 2.45) is 0 Å². The van der Waals surface area contributed by atoms with E-state index in [1.807, 2.05) is 91.0 Å². The van der Waals surface area contributed by atoms with Crippen molar-refractivity contribution in [1.82, 2.24) is 0 Å². The third-order valence-corrected chi connectivity index (χ3v) is 9.30. The normalized spacial score (nSPS) is 22.6. The van der Waals surface area contributed by atoms with Gasteiger partial charge in [-0.2, -0.15) is 0 Å². The van der Waals surface area contributed by atoms with Crippen LogP contribution in [0.1, 0.15) is 44.4 Å². The second kappa shape index (κ2) is 17.9. The summed E-state index contributed by atoms with van der Waals surface area (Å²) >= 11 is 6.75. The molecule has 1 aliphatic heterocycles. The third-order valence-electron chi connectivity index (χ3n) is 8.93. The molecule has 0 N–H and O–H groups in total. The Kier molecular flexibility index (Phi) is 11.5. The molecule has 0 aromatic heterocycles. The van der Waals surface area contributed by atoms with Gasteiger partial charge in [-0.25, -0.2) is 4.39 Å². The van der Waals surface area contributed by atoms with Crippen LogP contribution in [0.5, 0.6) is 5.75 Å². The number of carbonyl (C=O) groups is 1. The van der Waals surface area contributed by atoms with Crippen LogP contribution in [0.2, 0.25) is 5.02 Å². The van der Waals surface area contributed by atoms with Crippen LogP contribution in [-0.4, -0.2) is 44.4 Å². The average Bonchev–Trinajstić information content (AvgIpc) is 3.21. The topological polar surface area (TPSA) is 72.5 Å². The smallest absolute Gasteiger partial charge is 0.225 e. The Bertz CT molecular complexity index is 1990. The standard InChI is InChI=1S/C43H42ClFO7/c1-3-48-38-22-19-33(24-37(38)45)23-34-25-35(20-21-36(34)44)43(47-2)42(51-29-32-17-11-6-12-18-32)41(50-28-31-15-9-5-10-16-31)40(39(26-46)52-43)49-27-30-13-7-4-8-14-30/h4-22,24-26,39-42H,3,23,27-29H2,1-2H3/t39-,40-,41+,42-,43+/m1/s1/i1D,3D2. The lowest BCUT2D eigenvalue weighted by Gasteiger charge is -2.51. The highest BCUT2D eigenvalue weighted by atomic mass is 35.5. The van der Waals surface area contributed by atoms with Gasteiger partial charge >= 0.3 is 0 Å². The molecule has 52 heavy (non-hydrogen) atoms. The number of carbonyl (C=O) groups excluding carboxylic acids is 1. The lowest BCUT2D eigenvalue weighted by atomic mass is 9.86. The van der Waals surface area contributed by atoms with Crippen molar-refractivity contribution in [1.29, 1.82) is 0 Å². The van der Waals surface area contributed by atoms with Gasteiger partial charge in [0.2, 0.25) is 5.79 Å². The summed E-state index contributed by atoms with van der Waals surface area (Å²) in [5.74, 6) is -2.81. The highest BCUT2D eigenvalue weighted by molar-refractivity contribution is 6.31. The summed E-state index contributed by atoms with van der Waals surface area (Å²) in [4.78, 5) is 13.0. The summed E-state index contributed by atoms with van der Waals surface area (Å²) in [7, 11) is 1.47. The Morgan fingerprint density at radius 1 is 0.788 bits per heavy atom. The van der Waals surface area contributed by atoms with Gasteiger partial charge < -0.3 is 33.2 Å². The number of ether oxygens (including phenoxy) is 6. The van der Waals surface area contributed by atoms with Gasteiger partial charge in [-0.3, -0.25) is 0 Å². The highest BCUT2D eigenvalue weighted by Gasteiger charge is 2.58. The first-order valence-electron chi connectivity index (χ1n) is 18.6. The number of benzene rings is 5. The van der Waals surface area contributed by atoms with E-state index in [1.54, 1.807) is 24.3 Å². The first kappa shape index (κ1) is 33.4. The number of methoxy groups -OCH3 is 1. The fraction of sp³-hybridized carbons (Fsp3) is 0.279. The summed E-state index contributed by atoms with van der Waals surface area (Å²) in [5, 5.41) is 0.381. The van der Waals surface area contributed by atoms with Gasteiger partial charge in [-0.05, 0) is 65.4 Å². The molecule has 0 unspecified atom stereocenters. The summed E-state index contributed by atoms with van der Waals surface area (Å²) in [6.45, 7) is -2.54. The number of aldehydes is 1. The maximum absolute atomic E-state index is 15.1. The Labute approximate surface area is 313 Å². The van der Waals surface area contributed by atoms with Crippen molar-refractivity contribution in [3.8, 4) is 5.75 Å². The maximum atomic E-state index is 15.1. The van der Waals surface area contributed by atoms with Crippen molar-refractivity contribution >= 4 is 17.9 Å². The van der Waals surface area contributed by atoms with E-state index in [-0.39, 0.29) is 32.0 Å². The van der Waals surface area contributed by atoms with Crippen LogP contribution in [0.3, 0.4) is 0 Å². The molecule has 1 saturated heterocycles. The van der Waals surface area contributed by atoms with E-state index in [2.05, 4.69) is 0 Å². The Hall–Kier alpha value is -4.41. The zero-order chi connectivity index (χ0) is 38.8. The number of hydrogen-bond donors (Lipinski definition) is 0. The molecule has 0 saturated carbocycles. The Morgan fingerprint density at radius 2 is 1.38 bits per heavy atom. The van der Waals surface area contributed by atoms with Gasteiger partial charge in [0, 0.05) is 19.1 Å². The van der Waals surface area contributed by atoms with Crippen LogP contribution in [0.4, 0.5) is 4.39 Å². The zero-order valence-corrected chi connectivity index (χ0v) is 29.4. The van der Waals surface area contributed by atoms with E-state index in [1.165, 1.54) is 19.2 Å². The molecular weight excluding hydrogens is 683 g/mol. The number of halogens is 2. The number of hydrogen-bond acceptors (Lipinski definition) is 7. The van der Waals surface area contributed by atoms with E-state index >= 15 is 4.39 Å². The van der Waals surface area contributed by atoms with Crippen molar-refractivity contribution in [2.45, 2.75) is 63.3 Å². The second-order valence-corrected chi connectivity index (χ2v) is 12.7. The van der Waals surface area contributed by atoms with E-state index in [9.17, 15) is 4.79 Å². The molecule has 0 radical (unpaired) electrons. The van der Waals surface area contributed by atoms with Crippen LogP contribution >= 0.6 is 11.6 Å². The molecule has 5 aromatic carbocycles. The molecule has 270 valence electrons. The monoisotopic (exact) mass is 727 g/mol. The van der Waals surface area contributed by atoms with E-state index in [4.69, 9.17) is 44.1 Å². The molecule has 0 spiro atoms. The zero-order valence-electron chi connectivity index (χ0n) is 31.7. The van der Waals surface area contributed by atoms with Gasteiger partial charge in [-0.15, -0.1) is 0 Å². The molecular formula is C43H42ClFO7. The van der Waals surface area contributed by atoms with E-state index in [0.29, 0.717) is 28.0 Å². The molecule has 6 rings (SSSR count). The number of rotatable bonds is 16. The summed E-state index contributed by atoms with van der Waals surface area (Å²) in [6, 6.07) is 38.2. The lowest BCUT2D eigenvalue weighted by Crippen LogP contribution is -2.65. The first-order valence-corrected chi connectivity index (χ1v) is 17.2. The molecule has 5 aromatic rings. The minimum Gasteiger partial charge on any atom is -0.491 e. The largest absolute Gasteiger partial charge is 0.491 e. The molecule has 5 atom stereocenters. The quantitative estimate of drug-likeness (QED) is 0.0943. The van der Waals surface area contributed by atoms with Crippen LogP contribution in [0.25, 0.3) is 0 Å². The lowest BCUT2D eigenvalue weighted by molar-refractivity contribution is -0.373. The van der Waals surface area contributed by atoms with Crippen molar-refractivity contribution in [3.63, 3.8) is 0 Å². The van der Waals surface area contributed by atoms with Crippen molar-refractivity contribution < 1.29 is 41.7 Å². The van der Waals surface area contributed by atoms with Crippen molar-refractivity contribution in [2.75, 3.05) is 13.7 Å². The maximum Gasteiger partial charge on any atom is 0.225 e. The van der Waals surface area contributed by atoms with Crippen LogP contribution in [0, 0.1) is 5.82 Å². The van der Waals surface area contributed by atoms with Gasteiger partial charge in [0.05, 0.1) is 29.1 Å². The predicted molar refractivity (Wildman–Crippen MR) is 197 cm³/mol. The summed E-state index contributed by atoms with van der Waals surface area (Å²) < 4.78 is 75.9. The van der Waals surface area contributed by atoms with Crippen LogP contribution in [-0.2, 0) is 60.5 Å². The Balaban J connectivity index is 1.40. The fourth-order valence-corrected chi connectivity index (χ4v) is 6.55. The first-order chi connectivity index (χ1) is 26.6. The van der Waals surface area contributed by atoms with Crippen molar-refractivity contribution in [3.05, 3.63) is 172 Å². The second-order valence-electron chi connectivity index (χ2n) is 12.3. The molecule has 1 aliphatic rings.